The summed E-state index contributed by atoms with van der Waals surface area (Å²) in [6, 6.07) is 14.8. The lowest BCUT2D eigenvalue weighted by molar-refractivity contribution is -0.123. The molecule has 0 fully saturated rings. The highest BCUT2D eigenvalue weighted by molar-refractivity contribution is 6.04. The van der Waals surface area contributed by atoms with Crippen LogP contribution in [0.4, 0.5) is 11.4 Å². The van der Waals surface area contributed by atoms with E-state index in [-0.39, 0.29) is 25.0 Å². The van der Waals surface area contributed by atoms with Gasteiger partial charge in [0.2, 0.25) is 5.91 Å². The van der Waals surface area contributed by atoms with Gasteiger partial charge in [-0.3, -0.25) is 14.5 Å². The number of amides is 2. The predicted molar refractivity (Wildman–Crippen MR) is 101 cm³/mol. The fraction of sp³-hybridized carbons (Fsp3) is 0.150. The molecule has 0 saturated carbocycles. The van der Waals surface area contributed by atoms with E-state index < -0.39 is 0 Å². The third-order valence-electron chi connectivity index (χ3n) is 4.25. The standard InChI is InChI=1S/C20H18N4O3/c25-19(12-24-17-6-1-2-7-18(17)27-13-20(24)26)22-16-5-3-4-15(10-16)11-23-9-8-21-14-23/h1-10,14H,11-13H2,(H,22,25). The summed E-state index contributed by atoms with van der Waals surface area (Å²) in [5, 5.41) is 2.86. The van der Waals surface area contributed by atoms with E-state index in [2.05, 4.69) is 10.3 Å². The first-order chi connectivity index (χ1) is 13.2. The van der Waals surface area contributed by atoms with E-state index in [4.69, 9.17) is 4.74 Å². The van der Waals surface area contributed by atoms with Crippen LogP contribution in [0.2, 0.25) is 0 Å². The quantitative estimate of drug-likeness (QED) is 0.756. The summed E-state index contributed by atoms with van der Waals surface area (Å²) in [6.45, 7) is 0.536. The first-order valence-corrected chi connectivity index (χ1v) is 8.56. The van der Waals surface area contributed by atoms with Crippen LogP contribution in [-0.2, 0) is 16.1 Å². The highest BCUT2D eigenvalue weighted by atomic mass is 16.5. The highest BCUT2D eigenvalue weighted by Crippen LogP contribution is 2.31. The van der Waals surface area contributed by atoms with Gasteiger partial charge in [0, 0.05) is 24.6 Å². The summed E-state index contributed by atoms with van der Waals surface area (Å²) in [5.74, 6) is 0.102. The van der Waals surface area contributed by atoms with Crippen molar-refractivity contribution < 1.29 is 14.3 Å². The monoisotopic (exact) mass is 362 g/mol. The molecule has 0 unspecified atom stereocenters. The number of ether oxygens (including phenoxy) is 1. The van der Waals surface area contributed by atoms with Crippen LogP contribution in [0.5, 0.6) is 5.75 Å². The van der Waals surface area contributed by atoms with Gasteiger partial charge < -0.3 is 14.6 Å². The van der Waals surface area contributed by atoms with Crippen LogP contribution < -0.4 is 15.0 Å². The van der Waals surface area contributed by atoms with E-state index in [1.54, 1.807) is 24.7 Å². The second-order valence-electron chi connectivity index (χ2n) is 6.22. The van der Waals surface area contributed by atoms with Crippen molar-refractivity contribution in [1.29, 1.82) is 0 Å². The molecule has 0 atom stereocenters. The Bertz CT molecular complexity index is 969. The fourth-order valence-corrected chi connectivity index (χ4v) is 3.01. The number of fused-ring (bicyclic) bond motifs is 1. The Morgan fingerprint density at radius 3 is 2.93 bits per heavy atom. The van der Waals surface area contributed by atoms with Crippen molar-refractivity contribution in [2.45, 2.75) is 6.54 Å². The number of carbonyl (C=O) groups is 2. The van der Waals surface area contributed by atoms with Gasteiger partial charge in [-0.05, 0) is 29.8 Å². The molecule has 4 rings (SSSR count). The van der Waals surface area contributed by atoms with Crippen molar-refractivity contribution in [3.05, 3.63) is 72.8 Å². The first kappa shape index (κ1) is 16.8. The normalized spacial score (nSPS) is 13.0. The lowest BCUT2D eigenvalue weighted by atomic mass is 10.2. The average Bonchev–Trinajstić information content (AvgIpc) is 3.17. The minimum absolute atomic E-state index is 0.0645. The molecule has 1 N–H and O–H groups in total. The summed E-state index contributed by atoms with van der Waals surface area (Å²) in [7, 11) is 0. The number of carbonyl (C=O) groups excluding carboxylic acids is 2. The van der Waals surface area contributed by atoms with Gasteiger partial charge >= 0.3 is 0 Å². The molecule has 1 aliphatic heterocycles. The molecule has 0 spiro atoms. The number of hydrogen-bond donors (Lipinski definition) is 1. The molecular weight excluding hydrogens is 344 g/mol. The number of rotatable bonds is 5. The molecule has 3 aromatic rings. The van der Waals surface area contributed by atoms with Crippen LogP contribution in [0.3, 0.4) is 0 Å². The zero-order valence-electron chi connectivity index (χ0n) is 14.5. The van der Waals surface area contributed by atoms with E-state index >= 15 is 0 Å². The Morgan fingerprint density at radius 2 is 2.07 bits per heavy atom. The van der Waals surface area contributed by atoms with Crippen molar-refractivity contribution in [1.82, 2.24) is 9.55 Å². The van der Waals surface area contributed by atoms with Crippen molar-refractivity contribution in [2.75, 3.05) is 23.4 Å². The Morgan fingerprint density at radius 1 is 1.19 bits per heavy atom. The molecule has 0 saturated heterocycles. The number of nitrogens with zero attached hydrogens (tertiary/aromatic N) is 3. The van der Waals surface area contributed by atoms with Gasteiger partial charge in [0.15, 0.2) is 6.61 Å². The number of imidazole rings is 1. The van der Waals surface area contributed by atoms with E-state index in [1.165, 1.54) is 4.90 Å². The van der Waals surface area contributed by atoms with Gasteiger partial charge in [-0.25, -0.2) is 4.98 Å². The van der Waals surface area contributed by atoms with Crippen LogP contribution in [0.25, 0.3) is 0 Å². The second-order valence-corrected chi connectivity index (χ2v) is 6.22. The molecular formula is C20H18N4O3. The summed E-state index contributed by atoms with van der Waals surface area (Å²) in [4.78, 5) is 30.2. The topological polar surface area (TPSA) is 76.5 Å². The Labute approximate surface area is 156 Å². The summed E-state index contributed by atoms with van der Waals surface area (Å²) in [5.41, 5.74) is 2.34. The van der Waals surface area contributed by atoms with E-state index in [1.807, 2.05) is 47.2 Å². The molecule has 0 radical (unpaired) electrons. The van der Waals surface area contributed by atoms with Crippen LogP contribution in [0.1, 0.15) is 5.56 Å². The predicted octanol–water partition coefficient (Wildman–Crippen LogP) is 2.30. The maximum Gasteiger partial charge on any atom is 0.265 e. The van der Waals surface area contributed by atoms with Gasteiger partial charge in [0.25, 0.3) is 5.91 Å². The lowest BCUT2D eigenvalue weighted by Crippen LogP contribution is -2.43. The zero-order valence-corrected chi connectivity index (χ0v) is 14.5. The molecule has 2 aromatic carbocycles. The van der Waals surface area contributed by atoms with Crippen molar-refractivity contribution in [3.8, 4) is 5.75 Å². The zero-order chi connectivity index (χ0) is 18.6. The minimum Gasteiger partial charge on any atom is -0.482 e. The third kappa shape index (κ3) is 3.82. The number of anilines is 2. The van der Waals surface area contributed by atoms with E-state index in [9.17, 15) is 9.59 Å². The van der Waals surface area contributed by atoms with Gasteiger partial charge in [0.1, 0.15) is 12.3 Å². The molecule has 136 valence electrons. The molecule has 7 nitrogen and oxygen atoms in total. The minimum atomic E-state index is -0.264. The molecule has 1 aliphatic rings. The summed E-state index contributed by atoms with van der Waals surface area (Å²) < 4.78 is 7.35. The van der Waals surface area contributed by atoms with Crippen LogP contribution in [-0.4, -0.2) is 34.5 Å². The Hall–Kier alpha value is -3.61. The van der Waals surface area contributed by atoms with Crippen LogP contribution >= 0.6 is 0 Å². The smallest absolute Gasteiger partial charge is 0.265 e. The average molecular weight is 362 g/mol. The molecule has 0 aliphatic carbocycles. The summed E-state index contributed by atoms with van der Waals surface area (Å²) in [6.07, 6.45) is 5.35. The number of benzene rings is 2. The highest BCUT2D eigenvalue weighted by Gasteiger charge is 2.26. The van der Waals surface area contributed by atoms with Crippen molar-refractivity contribution in [3.63, 3.8) is 0 Å². The third-order valence-corrected chi connectivity index (χ3v) is 4.25. The molecule has 27 heavy (non-hydrogen) atoms. The van der Waals surface area contributed by atoms with Gasteiger partial charge in [-0.2, -0.15) is 0 Å². The number of para-hydroxylation sites is 2. The molecule has 1 aromatic heterocycles. The van der Waals surface area contributed by atoms with E-state index in [0.717, 1.165) is 5.56 Å². The van der Waals surface area contributed by atoms with Crippen LogP contribution in [0, 0.1) is 0 Å². The fourth-order valence-electron chi connectivity index (χ4n) is 3.01. The number of hydrogen-bond acceptors (Lipinski definition) is 4. The van der Waals surface area contributed by atoms with Crippen LogP contribution in [0.15, 0.2) is 67.3 Å². The number of nitrogens with one attached hydrogen (secondary N) is 1. The SMILES string of the molecule is O=C(CN1C(=O)COc2ccccc21)Nc1cccc(Cn2ccnc2)c1. The van der Waals surface area contributed by atoms with Crippen molar-refractivity contribution >= 4 is 23.2 Å². The van der Waals surface area contributed by atoms with Gasteiger partial charge in [0.05, 0.1) is 12.0 Å². The Balaban J connectivity index is 1.45. The second kappa shape index (κ2) is 7.33. The van der Waals surface area contributed by atoms with E-state index in [0.29, 0.717) is 23.7 Å². The molecule has 7 heteroatoms. The largest absolute Gasteiger partial charge is 0.482 e. The van der Waals surface area contributed by atoms with Gasteiger partial charge in [-0.1, -0.05) is 24.3 Å². The lowest BCUT2D eigenvalue weighted by Gasteiger charge is -2.28. The molecule has 0 bridgehead atoms. The van der Waals surface area contributed by atoms with Crippen molar-refractivity contribution in [2.24, 2.45) is 0 Å². The maximum atomic E-state index is 12.5. The molecule has 2 amide bonds. The Kier molecular flexibility index (Phi) is 4.57. The first-order valence-electron chi connectivity index (χ1n) is 8.56. The number of aromatic nitrogens is 2. The summed E-state index contributed by atoms with van der Waals surface area (Å²) >= 11 is 0. The van der Waals surface area contributed by atoms with Gasteiger partial charge in [-0.15, -0.1) is 0 Å². The molecule has 2 heterocycles. The maximum absolute atomic E-state index is 12.5.